The minimum Gasteiger partial charge on any atom is -0.309 e. The maximum absolute atomic E-state index is 11.4. The standard InChI is InChI=1S/C15H23NOS/c1-3-18(17)11-10-16-15(14-8-9-14)13-6-4-12(2)5-7-13/h4-7,14-16H,3,8-11H2,1-2H3. The number of aryl methyl sites for hydroxylation is 1. The zero-order chi connectivity index (χ0) is 13.0. The molecule has 2 rings (SSSR count). The first-order valence-electron chi connectivity index (χ1n) is 6.85. The van der Waals surface area contributed by atoms with Gasteiger partial charge in [0.15, 0.2) is 0 Å². The number of benzene rings is 1. The molecule has 18 heavy (non-hydrogen) atoms. The molecule has 1 aromatic rings. The maximum atomic E-state index is 11.4. The fraction of sp³-hybridized carbons (Fsp3) is 0.600. The van der Waals surface area contributed by atoms with Crippen LogP contribution in [0.4, 0.5) is 0 Å². The first-order chi connectivity index (χ1) is 8.70. The smallest absolute Gasteiger partial charge is 0.0360 e. The molecule has 0 amide bonds. The van der Waals surface area contributed by atoms with Crippen LogP contribution >= 0.6 is 0 Å². The summed E-state index contributed by atoms with van der Waals surface area (Å²) in [6, 6.07) is 9.26. The van der Waals surface area contributed by atoms with Crippen molar-refractivity contribution in [3.05, 3.63) is 35.4 Å². The van der Waals surface area contributed by atoms with E-state index in [4.69, 9.17) is 0 Å². The second kappa shape index (κ2) is 6.48. The van der Waals surface area contributed by atoms with E-state index in [0.717, 1.165) is 24.0 Å². The van der Waals surface area contributed by atoms with Crippen molar-refractivity contribution in [1.29, 1.82) is 0 Å². The Bertz CT molecular complexity index is 397. The second-order valence-corrected chi connectivity index (χ2v) is 6.98. The summed E-state index contributed by atoms with van der Waals surface area (Å²) >= 11 is 0. The van der Waals surface area contributed by atoms with Gasteiger partial charge in [0.1, 0.15) is 0 Å². The molecule has 0 aliphatic heterocycles. The van der Waals surface area contributed by atoms with Crippen LogP contribution in [0.25, 0.3) is 0 Å². The minimum absolute atomic E-state index is 0.458. The Morgan fingerprint density at radius 3 is 2.56 bits per heavy atom. The van der Waals surface area contributed by atoms with Gasteiger partial charge in [0.05, 0.1) is 0 Å². The zero-order valence-electron chi connectivity index (χ0n) is 11.3. The Hall–Kier alpha value is -0.670. The molecule has 2 nitrogen and oxygen atoms in total. The second-order valence-electron chi connectivity index (χ2n) is 5.11. The van der Waals surface area contributed by atoms with Gasteiger partial charge in [0.2, 0.25) is 0 Å². The Balaban J connectivity index is 1.92. The van der Waals surface area contributed by atoms with Gasteiger partial charge in [0, 0.05) is 34.9 Å². The maximum Gasteiger partial charge on any atom is 0.0360 e. The summed E-state index contributed by atoms with van der Waals surface area (Å²) in [5.41, 5.74) is 2.69. The largest absolute Gasteiger partial charge is 0.309 e. The van der Waals surface area contributed by atoms with E-state index in [2.05, 4.69) is 36.5 Å². The third-order valence-electron chi connectivity index (χ3n) is 3.55. The Labute approximate surface area is 113 Å². The molecule has 0 saturated heterocycles. The molecule has 1 saturated carbocycles. The summed E-state index contributed by atoms with van der Waals surface area (Å²) in [4.78, 5) is 0. The van der Waals surface area contributed by atoms with Crippen molar-refractivity contribution in [3.63, 3.8) is 0 Å². The molecule has 0 radical (unpaired) electrons. The predicted molar refractivity (Wildman–Crippen MR) is 78.2 cm³/mol. The topological polar surface area (TPSA) is 29.1 Å². The Morgan fingerprint density at radius 2 is 2.00 bits per heavy atom. The normalized spacial score (nSPS) is 18.6. The molecular formula is C15H23NOS. The highest BCUT2D eigenvalue weighted by molar-refractivity contribution is 7.84. The van der Waals surface area contributed by atoms with Gasteiger partial charge in [-0.05, 0) is 31.2 Å². The highest BCUT2D eigenvalue weighted by Gasteiger charge is 2.31. The van der Waals surface area contributed by atoms with Gasteiger partial charge in [-0.3, -0.25) is 4.21 Å². The molecule has 1 N–H and O–H groups in total. The molecule has 0 aromatic heterocycles. The predicted octanol–water partition coefficient (Wildman–Crippen LogP) is 2.80. The van der Waals surface area contributed by atoms with Crippen LogP contribution in [-0.2, 0) is 10.8 Å². The SMILES string of the molecule is CCS(=O)CCNC(c1ccc(C)cc1)C1CC1. The van der Waals surface area contributed by atoms with Gasteiger partial charge < -0.3 is 5.32 Å². The van der Waals surface area contributed by atoms with Crippen LogP contribution in [0.2, 0.25) is 0 Å². The summed E-state index contributed by atoms with van der Waals surface area (Å²) in [6.45, 7) is 4.96. The molecule has 1 aliphatic rings. The third kappa shape index (κ3) is 3.92. The van der Waals surface area contributed by atoms with E-state index in [1.54, 1.807) is 0 Å². The van der Waals surface area contributed by atoms with E-state index in [0.29, 0.717) is 6.04 Å². The fourth-order valence-corrected chi connectivity index (χ4v) is 2.87. The minimum atomic E-state index is -0.659. The van der Waals surface area contributed by atoms with Crippen LogP contribution in [0.1, 0.15) is 36.9 Å². The van der Waals surface area contributed by atoms with E-state index in [1.807, 2.05) is 6.92 Å². The van der Waals surface area contributed by atoms with Crippen molar-refractivity contribution in [3.8, 4) is 0 Å². The summed E-state index contributed by atoms with van der Waals surface area (Å²) in [5, 5.41) is 3.59. The monoisotopic (exact) mass is 265 g/mol. The van der Waals surface area contributed by atoms with Crippen LogP contribution in [0.5, 0.6) is 0 Å². The van der Waals surface area contributed by atoms with Crippen molar-refractivity contribution < 1.29 is 4.21 Å². The lowest BCUT2D eigenvalue weighted by atomic mass is 10.0. The molecule has 1 aliphatic carbocycles. The quantitative estimate of drug-likeness (QED) is 0.821. The molecule has 0 spiro atoms. The average Bonchev–Trinajstić information content (AvgIpc) is 3.20. The molecule has 1 aromatic carbocycles. The first kappa shape index (κ1) is 13.8. The van der Waals surface area contributed by atoms with Crippen LogP contribution < -0.4 is 5.32 Å². The van der Waals surface area contributed by atoms with Crippen molar-refractivity contribution >= 4 is 10.8 Å². The molecule has 0 bridgehead atoms. The van der Waals surface area contributed by atoms with Gasteiger partial charge >= 0.3 is 0 Å². The Morgan fingerprint density at radius 1 is 1.33 bits per heavy atom. The Kier molecular flexibility index (Phi) is 4.95. The highest BCUT2D eigenvalue weighted by Crippen LogP contribution is 2.40. The van der Waals surface area contributed by atoms with Gasteiger partial charge in [-0.15, -0.1) is 0 Å². The lowest BCUT2D eigenvalue weighted by Crippen LogP contribution is -2.27. The van der Waals surface area contributed by atoms with E-state index in [1.165, 1.54) is 24.0 Å². The molecule has 0 heterocycles. The van der Waals surface area contributed by atoms with Gasteiger partial charge in [-0.2, -0.15) is 0 Å². The van der Waals surface area contributed by atoms with Gasteiger partial charge in [-0.1, -0.05) is 36.8 Å². The molecular weight excluding hydrogens is 242 g/mol. The number of hydrogen-bond acceptors (Lipinski definition) is 2. The molecule has 2 unspecified atom stereocenters. The molecule has 2 atom stereocenters. The van der Waals surface area contributed by atoms with Crippen LogP contribution in [0, 0.1) is 12.8 Å². The van der Waals surface area contributed by atoms with E-state index < -0.39 is 10.8 Å². The van der Waals surface area contributed by atoms with E-state index in [9.17, 15) is 4.21 Å². The molecule has 1 fully saturated rings. The van der Waals surface area contributed by atoms with Crippen molar-refractivity contribution in [2.24, 2.45) is 5.92 Å². The summed E-state index contributed by atoms with van der Waals surface area (Å²) in [6.07, 6.45) is 2.64. The highest BCUT2D eigenvalue weighted by atomic mass is 32.2. The molecule has 3 heteroatoms. The van der Waals surface area contributed by atoms with Crippen molar-refractivity contribution in [1.82, 2.24) is 5.32 Å². The number of hydrogen-bond donors (Lipinski definition) is 1. The van der Waals surface area contributed by atoms with E-state index >= 15 is 0 Å². The lowest BCUT2D eigenvalue weighted by molar-refractivity contribution is 0.497. The van der Waals surface area contributed by atoms with Crippen LogP contribution in [0.3, 0.4) is 0 Å². The zero-order valence-corrected chi connectivity index (χ0v) is 12.1. The third-order valence-corrected chi connectivity index (χ3v) is 4.85. The van der Waals surface area contributed by atoms with Crippen molar-refractivity contribution in [2.45, 2.75) is 32.7 Å². The summed E-state index contributed by atoms with van der Waals surface area (Å²) < 4.78 is 11.4. The fourth-order valence-electron chi connectivity index (χ4n) is 2.23. The molecule has 100 valence electrons. The van der Waals surface area contributed by atoms with Crippen molar-refractivity contribution in [2.75, 3.05) is 18.1 Å². The summed E-state index contributed by atoms with van der Waals surface area (Å²) in [7, 11) is -0.659. The lowest BCUT2D eigenvalue weighted by Gasteiger charge is -2.19. The van der Waals surface area contributed by atoms with Gasteiger partial charge in [-0.25, -0.2) is 0 Å². The van der Waals surface area contributed by atoms with Crippen LogP contribution in [0.15, 0.2) is 24.3 Å². The number of rotatable bonds is 7. The number of nitrogens with one attached hydrogen (secondary N) is 1. The first-order valence-corrected chi connectivity index (χ1v) is 8.34. The van der Waals surface area contributed by atoms with Gasteiger partial charge in [0.25, 0.3) is 0 Å². The van der Waals surface area contributed by atoms with Crippen LogP contribution in [-0.4, -0.2) is 22.3 Å². The van der Waals surface area contributed by atoms with E-state index in [-0.39, 0.29) is 0 Å². The summed E-state index contributed by atoms with van der Waals surface area (Å²) in [5.74, 6) is 2.31. The average molecular weight is 265 g/mol.